The Morgan fingerprint density at radius 2 is 2.05 bits per heavy atom. The molecule has 3 fully saturated rings. The molecule has 1 amide bonds. The zero-order valence-electron chi connectivity index (χ0n) is 22.7. The van der Waals surface area contributed by atoms with Gasteiger partial charge in [0.2, 0.25) is 0 Å². The van der Waals surface area contributed by atoms with E-state index in [-0.39, 0.29) is 23.7 Å². The molecule has 7 nitrogen and oxygen atoms in total. The van der Waals surface area contributed by atoms with Gasteiger partial charge in [0.1, 0.15) is 6.10 Å². The highest BCUT2D eigenvalue weighted by molar-refractivity contribution is 6.06. The number of aromatic amines is 1. The zero-order chi connectivity index (χ0) is 26.7. The maximum Gasteiger partial charge on any atom is 0.253 e. The summed E-state index contributed by atoms with van der Waals surface area (Å²) in [6.45, 7) is 6.26. The maximum absolute atomic E-state index is 13.8. The number of hydrogen-bond donors (Lipinski definition) is 4. The summed E-state index contributed by atoms with van der Waals surface area (Å²) >= 11 is 0. The summed E-state index contributed by atoms with van der Waals surface area (Å²) in [6, 6.07) is 9.39. The second kappa shape index (κ2) is 8.01. The first-order chi connectivity index (χ1) is 18.8. The van der Waals surface area contributed by atoms with E-state index in [0.29, 0.717) is 30.1 Å². The van der Waals surface area contributed by atoms with E-state index in [9.17, 15) is 15.0 Å². The largest absolute Gasteiger partial charge is 0.504 e. The summed E-state index contributed by atoms with van der Waals surface area (Å²) in [4.78, 5) is 19.7. The van der Waals surface area contributed by atoms with Crippen molar-refractivity contribution in [1.82, 2.24) is 15.2 Å². The molecule has 0 unspecified atom stereocenters. The Hall–Kier alpha value is -3.03. The Kier molecular flexibility index (Phi) is 4.89. The van der Waals surface area contributed by atoms with E-state index in [2.05, 4.69) is 35.1 Å². The van der Waals surface area contributed by atoms with E-state index in [0.717, 1.165) is 48.3 Å². The van der Waals surface area contributed by atoms with Crippen molar-refractivity contribution in [2.75, 3.05) is 13.1 Å². The molecule has 2 aliphatic heterocycles. The number of aromatic hydroxyl groups is 1. The predicted molar refractivity (Wildman–Crippen MR) is 148 cm³/mol. The van der Waals surface area contributed by atoms with Gasteiger partial charge in [-0.2, -0.15) is 0 Å². The monoisotopic (exact) mass is 527 g/mol. The van der Waals surface area contributed by atoms with Crippen LogP contribution in [0.1, 0.15) is 78.9 Å². The number of phenols is 1. The molecule has 2 bridgehead atoms. The average Bonchev–Trinajstić information content (AvgIpc) is 3.49. The molecule has 2 aromatic carbocycles. The topological polar surface area (TPSA) is 97.8 Å². The Morgan fingerprint density at radius 3 is 2.85 bits per heavy atom. The van der Waals surface area contributed by atoms with Crippen LogP contribution in [-0.2, 0) is 11.8 Å². The third-order valence-electron chi connectivity index (χ3n) is 10.7. The molecule has 2 saturated carbocycles. The lowest BCUT2D eigenvalue weighted by Crippen LogP contribution is -2.78. The first-order valence-electron chi connectivity index (χ1n) is 14.7. The molecule has 4 N–H and O–H groups in total. The van der Waals surface area contributed by atoms with Gasteiger partial charge in [-0.15, -0.1) is 0 Å². The van der Waals surface area contributed by atoms with Gasteiger partial charge in [-0.05, 0) is 80.2 Å². The van der Waals surface area contributed by atoms with E-state index in [1.54, 1.807) is 6.07 Å². The smallest absolute Gasteiger partial charge is 0.253 e. The highest BCUT2D eigenvalue weighted by atomic mass is 16.5. The van der Waals surface area contributed by atoms with Crippen molar-refractivity contribution in [2.24, 2.45) is 5.92 Å². The summed E-state index contributed by atoms with van der Waals surface area (Å²) in [5.74, 6) is 1.61. The summed E-state index contributed by atoms with van der Waals surface area (Å²) in [5, 5.41) is 27.9. The number of aromatic nitrogens is 1. The van der Waals surface area contributed by atoms with Crippen molar-refractivity contribution in [3.8, 4) is 11.5 Å². The molecule has 5 aliphatic rings. The predicted octanol–water partition coefficient (Wildman–Crippen LogP) is 4.36. The van der Waals surface area contributed by atoms with Crippen LogP contribution in [0.15, 0.2) is 36.5 Å². The number of fused-ring (bicyclic) bond motifs is 1. The minimum atomic E-state index is -0.955. The number of para-hydroxylation sites is 1. The lowest BCUT2D eigenvalue weighted by molar-refractivity contribution is -0.191. The standard InChI is InChI=1S/C32H37N3O4/c1-17(2)22-15-33-27-20(22)4-3-5-21(27)30(37)34-23-10-11-32(38)25-14-19-8-9-24(36)28-26(19)31(32,29(23)39-28)12-13-35(25)16-18-6-7-18/h3-5,8-9,15,17-18,23,25,29,33,36,38H,6-7,10-14,16H2,1-2H3,(H,34,37)/t23-,25+,29-,31-,32+/m0/s1. The van der Waals surface area contributed by atoms with Gasteiger partial charge in [-0.1, -0.05) is 32.0 Å². The Labute approximate surface area is 228 Å². The summed E-state index contributed by atoms with van der Waals surface area (Å²) in [5.41, 5.74) is 3.24. The van der Waals surface area contributed by atoms with Crippen LogP contribution < -0.4 is 10.1 Å². The molecule has 1 spiro atoms. The van der Waals surface area contributed by atoms with Crippen molar-refractivity contribution >= 4 is 16.8 Å². The Bertz CT molecular complexity index is 1510. The van der Waals surface area contributed by atoms with Crippen molar-refractivity contribution in [2.45, 2.75) is 87.5 Å². The quantitative estimate of drug-likeness (QED) is 0.395. The minimum absolute atomic E-state index is 0.0275. The maximum atomic E-state index is 13.8. The number of rotatable bonds is 5. The average molecular weight is 528 g/mol. The number of likely N-dealkylation sites (tertiary alicyclic amines) is 1. The van der Waals surface area contributed by atoms with Gasteiger partial charge in [0.15, 0.2) is 11.5 Å². The highest BCUT2D eigenvalue weighted by Gasteiger charge is 2.73. The molecule has 3 heterocycles. The number of carbonyl (C=O) groups is 1. The van der Waals surface area contributed by atoms with Gasteiger partial charge < -0.3 is 25.3 Å². The van der Waals surface area contributed by atoms with Gasteiger partial charge in [0, 0.05) is 29.7 Å². The number of H-pyrrole nitrogens is 1. The molecule has 1 saturated heterocycles. The third kappa shape index (κ3) is 3.09. The number of nitrogens with zero attached hydrogens (tertiary/aromatic N) is 1. The van der Waals surface area contributed by atoms with Gasteiger partial charge in [-0.25, -0.2) is 0 Å². The van der Waals surface area contributed by atoms with Crippen LogP contribution in [0.2, 0.25) is 0 Å². The van der Waals surface area contributed by atoms with Crippen LogP contribution >= 0.6 is 0 Å². The van der Waals surface area contributed by atoms with E-state index >= 15 is 0 Å². The fraction of sp³-hybridized carbons (Fsp3) is 0.531. The number of hydrogen-bond acceptors (Lipinski definition) is 5. The second-order valence-corrected chi connectivity index (χ2v) is 13.0. The number of piperidine rings is 1. The molecule has 5 atom stereocenters. The first-order valence-corrected chi connectivity index (χ1v) is 14.7. The first kappa shape index (κ1) is 23.8. The van der Waals surface area contributed by atoms with Crippen molar-refractivity contribution in [3.05, 3.63) is 58.8 Å². The fourth-order valence-electron chi connectivity index (χ4n) is 8.72. The number of aliphatic hydroxyl groups is 1. The molecule has 3 aromatic rings. The van der Waals surface area contributed by atoms with Crippen molar-refractivity contribution in [3.63, 3.8) is 0 Å². The van der Waals surface area contributed by atoms with Gasteiger partial charge in [0.05, 0.1) is 28.1 Å². The number of carbonyl (C=O) groups excluding carboxylic acids is 1. The molecule has 7 heteroatoms. The third-order valence-corrected chi connectivity index (χ3v) is 10.7. The molecule has 1 aromatic heterocycles. The summed E-state index contributed by atoms with van der Waals surface area (Å²) in [7, 11) is 0. The van der Waals surface area contributed by atoms with Gasteiger partial charge in [0.25, 0.3) is 5.91 Å². The Balaban J connectivity index is 1.18. The fourth-order valence-corrected chi connectivity index (χ4v) is 8.72. The molecule has 8 rings (SSSR count). The number of benzene rings is 2. The number of ether oxygens (including phenoxy) is 1. The second-order valence-electron chi connectivity index (χ2n) is 13.0. The van der Waals surface area contributed by atoms with Gasteiger partial charge >= 0.3 is 0 Å². The van der Waals surface area contributed by atoms with E-state index in [1.807, 2.05) is 24.4 Å². The lowest BCUT2D eigenvalue weighted by Gasteiger charge is -2.64. The van der Waals surface area contributed by atoms with Gasteiger partial charge in [-0.3, -0.25) is 9.69 Å². The number of amides is 1. The Morgan fingerprint density at radius 1 is 1.21 bits per heavy atom. The van der Waals surface area contributed by atoms with E-state index in [1.165, 1.54) is 24.0 Å². The van der Waals surface area contributed by atoms with Crippen LogP contribution in [-0.4, -0.2) is 62.9 Å². The number of phenolic OH excluding ortho intramolecular Hbond substituents is 1. The SMILES string of the molecule is CC(C)c1c[nH]c2c(C(=O)N[C@H]3CC[C@@]4(O)[C@H]5Cc6ccc(O)c7c6[C@@]4(CCN5CC4CC4)[C@H]3O7)cccc12. The van der Waals surface area contributed by atoms with Crippen molar-refractivity contribution in [1.29, 1.82) is 0 Å². The van der Waals surface area contributed by atoms with Crippen LogP contribution in [0.25, 0.3) is 10.9 Å². The molecule has 0 radical (unpaired) electrons. The van der Waals surface area contributed by atoms with Crippen LogP contribution in [0.3, 0.4) is 0 Å². The summed E-state index contributed by atoms with van der Waals surface area (Å²) in [6.07, 6.45) is 6.91. The molecular formula is C32H37N3O4. The molecule has 204 valence electrons. The van der Waals surface area contributed by atoms with Crippen LogP contribution in [0.4, 0.5) is 0 Å². The summed E-state index contributed by atoms with van der Waals surface area (Å²) < 4.78 is 6.62. The normalized spacial score (nSPS) is 32.8. The van der Waals surface area contributed by atoms with E-state index in [4.69, 9.17) is 4.74 Å². The number of nitrogens with one attached hydrogen (secondary N) is 2. The molecule has 3 aliphatic carbocycles. The lowest BCUT2D eigenvalue weighted by atomic mass is 9.48. The zero-order valence-corrected chi connectivity index (χ0v) is 22.7. The molecule has 39 heavy (non-hydrogen) atoms. The highest BCUT2D eigenvalue weighted by Crippen LogP contribution is 2.65. The van der Waals surface area contributed by atoms with Crippen molar-refractivity contribution < 1.29 is 19.7 Å². The minimum Gasteiger partial charge on any atom is -0.504 e. The molecular weight excluding hydrogens is 490 g/mol. The van der Waals surface area contributed by atoms with Crippen LogP contribution in [0, 0.1) is 5.92 Å². The van der Waals surface area contributed by atoms with E-state index < -0.39 is 17.1 Å². The van der Waals surface area contributed by atoms with Crippen LogP contribution in [0.5, 0.6) is 11.5 Å².